The molecule has 0 bridgehead atoms. The molecule has 0 aromatic carbocycles. The maximum absolute atomic E-state index is 11.3. The molecule has 90 valence electrons. The molecule has 1 atom stereocenters. The molecular formula is C10H22N2O3. The van der Waals surface area contributed by atoms with Gasteiger partial charge in [0.05, 0.1) is 18.2 Å². The van der Waals surface area contributed by atoms with Gasteiger partial charge in [0.15, 0.2) is 0 Å². The van der Waals surface area contributed by atoms with Gasteiger partial charge in [0.1, 0.15) is 0 Å². The average molecular weight is 218 g/mol. The summed E-state index contributed by atoms with van der Waals surface area (Å²) in [4.78, 5) is 11.3. The topological polar surface area (TPSA) is 70.6 Å². The van der Waals surface area contributed by atoms with Crippen LogP contribution in [0.1, 0.15) is 27.2 Å². The van der Waals surface area contributed by atoms with Crippen molar-refractivity contribution in [3.63, 3.8) is 0 Å². The molecule has 0 aromatic rings. The maximum Gasteiger partial charge on any atom is 0.315 e. The van der Waals surface area contributed by atoms with Crippen molar-refractivity contribution in [2.24, 2.45) is 0 Å². The summed E-state index contributed by atoms with van der Waals surface area (Å²) < 4.78 is 5.15. The van der Waals surface area contributed by atoms with E-state index in [-0.39, 0.29) is 24.3 Å². The van der Waals surface area contributed by atoms with Crippen molar-refractivity contribution in [2.75, 3.05) is 20.3 Å². The second kappa shape index (κ2) is 6.63. The van der Waals surface area contributed by atoms with Gasteiger partial charge in [-0.3, -0.25) is 0 Å². The molecule has 1 unspecified atom stereocenters. The van der Waals surface area contributed by atoms with Crippen LogP contribution in [-0.4, -0.2) is 43.0 Å². The lowest BCUT2D eigenvalue weighted by Crippen LogP contribution is -2.48. The third kappa shape index (κ3) is 6.30. The molecule has 0 heterocycles. The second-order valence-corrected chi connectivity index (χ2v) is 4.08. The van der Waals surface area contributed by atoms with Crippen molar-refractivity contribution in [3.8, 4) is 0 Å². The molecule has 0 aliphatic carbocycles. The van der Waals surface area contributed by atoms with E-state index in [2.05, 4.69) is 10.6 Å². The molecule has 0 radical (unpaired) electrons. The van der Waals surface area contributed by atoms with Gasteiger partial charge >= 0.3 is 6.03 Å². The minimum atomic E-state index is -0.377. The third-order valence-corrected chi connectivity index (χ3v) is 2.28. The zero-order chi connectivity index (χ0) is 11.9. The number of urea groups is 1. The number of ether oxygens (including phenoxy) is 1. The van der Waals surface area contributed by atoms with Crippen LogP contribution in [0, 0.1) is 0 Å². The minimum Gasteiger partial charge on any atom is -0.394 e. The molecule has 0 aliphatic rings. The first-order valence-corrected chi connectivity index (χ1v) is 5.15. The van der Waals surface area contributed by atoms with E-state index in [1.54, 1.807) is 7.11 Å². The lowest BCUT2D eigenvalue weighted by atomic mass is 10.1. The molecular weight excluding hydrogens is 196 g/mol. The fourth-order valence-corrected chi connectivity index (χ4v) is 0.879. The number of methoxy groups -OCH3 is 1. The Labute approximate surface area is 91.2 Å². The van der Waals surface area contributed by atoms with Crippen molar-refractivity contribution < 1.29 is 14.6 Å². The van der Waals surface area contributed by atoms with Crippen LogP contribution in [0.2, 0.25) is 0 Å². The van der Waals surface area contributed by atoms with Crippen molar-refractivity contribution in [1.82, 2.24) is 10.6 Å². The van der Waals surface area contributed by atoms with E-state index in [1.165, 1.54) is 0 Å². The van der Waals surface area contributed by atoms with E-state index in [4.69, 9.17) is 9.84 Å². The van der Waals surface area contributed by atoms with Gasteiger partial charge in [-0.1, -0.05) is 6.92 Å². The molecule has 0 aliphatic heterocycles. The predicted octanol–water partition coefficient (Wildman–Crippen LogP) is 0.481. The molecule has 0 fully saturated rings. The molecule has 2 amide bonds. The number of aliphatic hydroxyl groups excluding tert-OH is 1. The van der Waals surface area contributed by atoms with Crippen LogP contribution in [0.4, 0.5) is 4.79 Å². The lowest BCUT2D eigenvalue weighted by molar-refractivity contribution is 0.0252. The zero-order valence-electron chi connectivity index (χ0n) is 9.96. The first-order valence-electron chi connectivity index (χ1n) is 5.15. The van der Waals surface area contributed by atoms with Crippen LogP contribution in [-0.2, 0) is 4.74 Å². The van der Waals surface area contributed by atoms with Crippen LogP contribution in [0.5, 0.6) is 0 Å². The van der Waals surface area contributed by atoms with Gasteiger partial charge in [-0.2, -0.15) is 0 Å². The van der Waals surface area contributed by atoms with Crippen molar-refractivity contribution in [1.29, 1.82) is 0 Å². The summed E-state index contributed by atoms with van der Waals surface area (Å²) in [6, 6.07) is -0.461. The van der Waals surface area contributed by atoms with Crippen LogP contribution < -0.4 is 10.6 Å². The number of carbonyl (C=O) groups excluding carboxylic acids is 1. The number of rotatable bonds is 6. The van der Waals surface area contributed by atoms with Gasteiger partial charge in [0.25, 0.3) is 0 Å². The number of amides is 2. The first-order chi connectivity index (χ1) is 6.95. The van der Waals surface area contributed by atoms with Gasteiger partial charge in [-0.15, -0.1) is 0 Å². The van der Waals surface area contributed by atoms with Gasteiger partial charge in [0.2, 0.25) is 0 Å². The van der Waals surface area contributed by atoms with Gasteiger partial charge in [0, 0.05) is 13.7 Å². The van der Waals surface area contributed by atoms with E-state index < -0.39 is 0 Å². The van der Waals surface area contributed by atoms with E-state index in [0.717, 1.165) is 0 Å². The van der Waals surface area contributed by atoms with Crippen LogP contribution in [0.3, 0.4) is 0 Å². The summed E-state index contributed by atoms with van der Waals surface area (Å²) in [5.41, 5.74) is -0.377. The Bertz CT molecular complexity index is 191. The first kappa shape index (κ1) is 14.2. The average Bonchev–Trinajstić information content (AvgIpc) is 2.23. The van der Waals surface area contributed by atoms with Crippen LogP contribution >= 0.6 is 0 Å². The Morgan fingerprint density at radius 2 is 2.13 bits per heavy atom. The molecule has 0 saturated heterocycles. The highest BCUT2D eigenvalue weighted by Gasteiger charge is 2.17. The summed E-state index contributed by atoms with van der Waals surface area (Å²) in [7, 11) is 1.60. The van der Waals surface area contributed by atoms with Crippen molar-refractivity contribution >= 4 is 6.03 Å². The van der Waals surface area contributed by atoms with Crippen LogP contribution in [0.15, 0.2) is 0 Å². The molecule has 3 N–H and O–H groups in total. The molecule has 0 rings (SSSR count). The van der Waals surface area contributed by atoms with Gasteiger partial charge in [-0.25, -0.2) is 4.79 Å². The highest BCUT2D eigenvalue weighted by molar-refractivity contribution is 5.74. The quantitative estimate of drug-likeness (QED) is 0.607. The summed E-state index contributed by atoms with van der Waals surface area (Å²) >= 11 is 0. The summed E-state index contributed by atoms with van der Waals surface area (Å²) in [5, 5.41) is 14.2. The Morgan fingerprint density at radius 1 is 1.53 bits per heavy atom. The third-order valence-electron chi connectivity index (χ3n) is 2.28. The summed E-state index contributed by atoms with van der Waals surface area (Å²) in [6.45, 7) is 6.06. The SMILES string of the molecule is CCC(CO)NC(=O)NCC(C)(C)OC. The number of hydrogen-bond acceptors (Lipinski definition) is 3. The standard InChI is InChI=1S/C10H22N2O3/c1-5-8(6-13)12-9(14)11-7-10(2,3)15-4/h8,13H,5-7H2,1-4H3,(H2,11,12,14). The molecule has 0 saturated carbocycles. The highest BCUT2D eigenvalue weighted by Crippen LogP contribution is 2.04. The Hall–Kier alpha value is -0.810. The van der Waals surface area contributed by atoms with E-state index in [0.29, 0.717) is 13.0 Å². The van der Waals surface area contributed by atoms with Crippen LogP contribution in [0.25, 0.3) is 0 Å². The maximum atomic E-state index is 11.3. The fourth-order valence-electron chi connectivity index (χ4n) is 0.879. The molecule has 15 heavy (non-hydrogen) atoms. The molecule has 5 nitrogen and oxygen atoms in total. The molecule has 5 heteroatoms. The summed E-state index contributed by atoms with van der Waals surface area (Å²) in [6.07, 6.45) is 0.706. The number of hydrogen-bond donors (Lipinski definition) is 3. The van der Waals surface area contributed by atoms with Gasteiger partial charge in [-0.05, 0) is 20.3 Å². The Balaban J connectivity index is 3.84. The number of aliphatic hydroxyl groups is 1. The number of carbonyl (C=O) groups is 1. The minimum absolute atomic E-state index is 0.0441. The van der Waals surface area contributed by atoms with E-state index >= 15 is 0 Å². The second-order valence-electron chi connectivity index (χ2n) is 4.08. The smallest absolute Gasteiger partial charge is 0.315 e. The highest BCUT2D eigenvalue weighted by atomic mass is 16.5. The number of nitrogens with one attached hydrogen (secondary N) is 2. The van der Waals surface area contributed by atoms with E-state index in [1.807, 2.05) is 20.8 Å². The Morgan fingerprint density at radius 3 is 2.53 bits per heavy atom. The van der Waals surface area contributed by atoms with Crippen molar-refractivity contribution in [3.05, 3.63) is 0 Å². The fraction of sp³-hybridized carbons (Fsp3) is 0.900. The van der Waals surface area contributed by atoms with Gasteiger partial charge < -0.3 is 20.5 Å². The predicted molar refractivity (Wildman–Crippen MR) is 58.8 cm³/mol. The lowest BCUT2D eigenvalue weighted by Gasteiger charge is -2.24. The van der Waals surface area contributed by atoms with Crippen molar-refractivity contribution in [2.45, 2.75) is 38.8 Å². The normalized spacial score (nSPS) is 13.4. The molecule has 0 spiro atoms. The molecule has 0 aromatic heterocycles. The van der Waals surface area contributed by atoms with E-state index in [9.17, 15) is 4.79 Å². The largest absolute Gasteiger partial charge is 0.394 e. The summed E-state index contributed by atoms with van der Waals surface area (Å²) in [5.74, 6) is 0. The Kier molecular flexibility index (Phi) is 6.27. The zero-order valence-corrected chi connectivity index (χ0v) is 9.96. The monoisotopic (exact) mass is 218 g/mol.